The zero-order valence-corrected chi connectivity index (χ0v) is 22.8. The number of thioether (sulfide) groups is 1. The van der Waals surface area contributed by atoms with Crippen LogP contribution in [0.15, 0.2) is 10.5 Å². The molecule has 184 valence electrons. The number of aromatic nitrogens is 3. The summed E-state index contributed by atoms with van der Waals surface area (Å²) in [7, 11) is 0. The van der Waals surface area contributed by atoms with Crippen molar-refractivity contribution in [2.24, 2.45) is 5.92 Å². The maximum atomic E-state index is 12.9. The van der Waals surface area contributed by atoms with Crippen LogP contribution < -0.4 is 5.32 Å². The van der Waals surface area contributed by atoms with Crippen molar-refractivity contribution in [3.8, 4) is 17.5 Å². The molecule has 1 unspecified atom stereocenters. The van der Waals surface area contributed by atoms with Gasteiger partial charge in [-0.25, -0.2) is 0 Å². The summed E-state index contributed by atoms with van der Waals surface area (Å²) in [5.74, 6) is 1.81. The molecule has 1 N–H and O–H groups in total. The molecular weight excluding hydrogens is 495 g/mol. The van der Waals surface area contributed by atoms with Crippen LogP contribution in [0.25, 0.3) is 11.4 Å². The second-order valence-corrected chi connectivity index (χ2v) is 12.6. The molecule has 9 heteroatoms. The topological polar surface area (TPSA) is 83.6 Å². The summed E-state index contributed by atoms with van der Waals surface area (Å²) in [4.78, 5) is 15.6. The number of nitrogens with one attached hydrogen (secondary N) is 1. The molecular formula is C26H31N5OS3. The van der Waals surface area contributed by atoms with Gasteiger partial charge in [0.25, 0.3) is 0 Å². The quantitative estimate of drug-likeness (QED) is 0.282. The van der Waals surface area contributed by atoms with E-state index in [9.17, 15) is 10.1 Å². The molecule has 5 rings (SSSR count). The van der Waals surface area contributed by atoms with E-state index in [4.69, 9.17) is 0 Å². The highest BCUT2D eigenvalue weighted by atomic mass is 32.2. The normalized spacial score (nSPS) is 17.3. The first kappa shape index (κ1) is 24.5. The predicted molar refractivity (Wildman–Crippen MR) is 144 cm³/mol. The van der Waals surface area contributed by atoms with Gasteiger partial charge in [0.1, 0.15) is 11.1 Å². The van der Waals surface area contributed by atoms with Gasteiger partial charge < -0.3 is 9.88 Å². The summed E-state index contributed by atoms with van der Waals surface area (Å²) in [6.45, 7) is 5.30. The molecule has 0 fully saturated rings. The Balaban J connectivity index is 1.31. The lowest BCUT2D eigenvalue weighted by Crippen LogP contribution is -2.15. The Kier molecular flexibility index (Phi) is 7.61. The number of carbonyl (C=O) groups excluding carboxylic acids is 1. The summed E-state index contributed by atoms with van der Waals surface area (Å²) in [6, 6.07) is 2.35. The van der Waals surface area contributed by atoms with Crippen molar-refractivity contribution in [3.63, 3.8) is 0 Å². The van der Waals surface area contributed by atoms with Crippen LogP contribution in [0, 0.1) is 17.2 Å². The Morgan fingerprint density at radius 3 is 2.91 bits per heavy atom. The molecule has 3 heterocycles. The molecule has 6 nitrogen and oxygen atoms in total. The molecule has 0 saturated heterocycles. The number of amides is 1. The van der Waals surface area contributed by atoms with Crippen LogP contribution in [0.2, 0.25) is 0 Å². The SMILES string of the molecule is CCCn1c(SCC(=O)Nc2sc3c(c2C#N)CCCCC3)nnc1-c1csc2c1CCC(C)C2. The fourth-order valence-electron chi connectivity index (χ4n) is 5.13. The van der Waals surface area contributed by atoms with E-state index < -0.39 is 0 Å². The number of hydrogen-bond acceptors (Lipinski definition) is 7. The number of rotatable bonds is 7. The number of hydrogen-bond donors (Lipinski definition) is 1. The van der Waals surface area contributed by atoms with E-state index in [1.165, 1.54) is 45.5 Å². The molecule has 2 aliphatic rings. The minimum atomic E-state index is -0.0996. The number of thiophene rings is 2. The number of aryl methyl sites for hydroxylation is 1. The number of anilines is 1. The lowest BCUT2D eigenvalue weighted by Gasteiger charge is -2.19. The van der Waals surface area contributed by atoms with Gasteiger partial charge >= 0.3 is 0 Å². The van der Waals surface area contributed by atoms with Gasteiger partial charge in [-0.05, 0) is 68.4 Å². The Hall–Kier alpha value is -2.15. The van der Waals surface area contributed by atoms with Gasteiger partial charge in [-0.2, -0.15) is 5.26 Å². The molecule has 0 aliphatic heterocycles. The third-order valence-electron chi connectivity index (χ3n) is 6.93. The van der Waals surface area contributed by atoms with E-state index in [0.717, 1.165) is 74.0 Å². The maximum Gasteiger partial charge on any atom is 0.235 e. The van der Waals surface area contributed by atoms with E-state index in [1.807, 2.05) is 11.3 Å². The molecule has 0 aromatic carbocycles. The third-order valence-corrected chi connectivity index (χ3v) is 10.2. The highest BCUT2D eigenvalue weighted by Crippen LogP contribution is 2.39. The first-order chi connectivity index (χ1) is 17.1. The summed E-state index contributed by atoms with van der Waals surface area (Å²) in [5, 5.41) is 25.5. The lowest BCUT2D eigenvalue weighted by molar-refractivity contribution is -0.113. The van der Waals surface area contributed by atoms with Crippen molar-refractivity contribution in [1.82, 2.24) is 14.8 Å². The molecule has 1 atom stereocenters. The van der Waals surface area contributed by atoms with Crippen molar-refractivity contribution < 1.29 is 4.79 Å². The smallest absolute Gasteiger partial charge is 0.235 e. The van der Waals surface area contributed by atoms with Gasteiger partial charge in [-0.15, -0.1) is 32.9 Å². The van der Waals surface area contributed by atoms with E-state index in [-0.39, 0.29) is 11.7 Å². The molecule has 0 spiro atoms. The molecule has 3 aromatic rings. The molecule has 0 radical (unpaired) electrons. The largest absolute Gasteiger partial charge is 0.316 e. The first-order valence-electron chi connectivity index (χ1n) is 12.6. The van der Waals surface area contributed by atoms with E-state index in [2.05, 4.69) is 45.4 Å². The summed E-state index contributed by atoms with van der Waals surface area (Å²) in [5.41, 5.74) is 4.47. The number of nitriles is 1. The molecule has 2 aliphatic carbocycles. The van der Waals surface area contributed by atoms with Gasteiger partial charge in [-0.3, -0.25) is 4.79 Å². The summed E-state index contributed by atoms with van der Waals surface area (Å²) >= 11 is 4.85. The summed E-state index contributed by atoms with van der Waals surface area (Å²) in [6.07, 6.45) is 9.87. The zero-order chi connectivity index (χ0) is 24.4. The second-order valence-electron chi connectivity index (χ2n) is 9.57. The monoisotopic (exact) mass is 525 g/mol. The van der Waals surface area contributed by atoms with Crippen LogP contribution in [0.4, 0.5) is 5.00 Å². The van der Waals surface area contributed by atoms with Crippen LogP contribution in [-0.2, 0) is 37.0 Å². The Morgan fingerprint density at radius 1 is 1.23 bits per heavy atom. The Labute approximate surface area is 219 Å². The fraction of sp³-hybridized carbons (Fsp3) is 0.538. The minimum Gasteiger partial charge on any atom is -0.316 e. The van der Waals surface area contributed by atoms with Crippen molar-refractivity contribution in [1.29, 1.82) is 5.26 Å². The molecule has 0 bridgehead atoms. The van der Waals surface area contributed by atoms with E-state index in [0.29, 0.717) is 10.6 Å². The molecule has 1 amide bonds. The third kappa shape index (κ3) is 5.07. The zero-order valence-electron chi connectivity index (χ0n) is 20.4. The van der Waals surface area contributed by atoms with Crippen LogP contribution in [-0.4, -0.2) is 26.4 Å². The highest BCUT2D eigenvalue weighted by Gasteiger charge is 2.25. The maximum absolute atomic E-state index is 12.9. The van der Waals surface area contributed by atoms with Crippen molar-refractivity contribution in [2.75, 3.05) is 11.1 Å². The fourth-order valence-corrected chi connectivity index (χ4v) is 8.39. The van der Waals surface area contributed by atoms with Gasteiger partial charge in [0.2, 0.25) is 5.91 Å². The van der Waals surface area contributed by atoms with Crippen molar-refractivity contribution in [2.45, 2.75) is 83.3 Å². The van der Waals surface area contributed by atoms with Crippen LogP contribution in [0.3, 0.4) is 0 Å². The van der Waals surface area contributed by atoms with Gasteiger partial charge in [0, 0.05) is 27.2 Å². The van der Waals surface area contributed by atoms with Crippen molar-refractivity contribution >= 4 is 45.3 Å². The van der Waals surface area contributed by atoms with Crippen LogP contribution >= 0.6 is 34.4 Å². The molecule has 0 saturated carbocycles. The van der Waals surface area contributed by atoms with E-state index in [1.54, 1.807) is 11.3 Å². The first-order valence-corrected chi connectivity index (χ1v) is 15.3. The lowest BCUT2D eigenvalue weighted by atomic mass is 9.88. The number of nitrogens with zero attached hydrogens (tertiary/aromatic N) is 4. The number of carbonyl (C=O) groups is 1. The van der Waals surface area contributed by atoms with Crippen LogP contribution in [0.5, 0.6) is 0 Å². The van der Waals surface area contributed by atoms with Gasteiger partial charge in [-0.1, -0.05) is 32.0 Å². The minimum absolute atomic E-state index is 0.0996. The number of fused-ring (bicyclic) bond motifs is 2. The van der Waals surface area contributed by atoms with Gasteiger partial charge in [0.15, 0.2) is 11.0 Å². The standard InChI is InChI=1S/C26H31N5OS3/c1-3-11-31-24(20-14-33-22-12-16(2)9-10-18(20)22)29-30-26(31)34-15-23(32)28-25-19(13-27)17-7-5-4-6-8-21(17)35-25/h14,16H,3-12,15H2,1-2H3,(H,28,32). The second kappa shape index (κ2) is 10.9. The Bertz CT molecular complexity index is 1260. The van der Waals surface area contributed by atoms with Crippen molar-refractivity contribution in [3.05, 3.63) is 31.8 Å². The predicted octanol–water partition coefficient (Wildman–Crippen LogP) is 6.47. The molecule has 35 heavy (non-hydrogen) atoms. The summed E-state index contributed by atoms with van der Waals surface area (Å²) < 4.78 is 2.17. The average molecular weight is 526 g/mol. The van der Waals surface area contributed by atoms with Gasteiger partial charge in [0.05, 0.1) is 11.3 Å². The molecule has 3 aromatic heterocycles. The average Bonchev–Trinajstić information content (AvgIpc) is 3.47. The van der Waals surface area contributed by atoms with E-state index >= 15 is 0 Å². The Morgan fingerprint density at radius 2 is 2.09 bits per heavy atom. The van der Waals surface area contributed by atoms with Crippen LogP contribution in [0.1, 0.15) is 72.4 Å². The highest BCUT2D eigenvalue weighted by molar-refractivity contribution is 7.99.